The number of hydrogen-bond donors (Lipinski definition) is 1. The van der Waals surface area contributed by atoms with Gasteiger partial charge in [-0.05, 0) is 11.8 Å². The van der Waals surface area contributed by atoms with Crippen LogP contribution in [0.25, 0.3) is 0 Å². The lowest BCUT2D eigenvalue weighted by Crippen LogP contribution is -2.21. The Kier molecular flexibility index (Phi) is 2.33. The van der Waals surface area contributed by atoms with E-state index in [0.29, 0.717) is 5.82 Å². The number of ether oxygens (including phenoxy) is 1. The number of esters is 1. The van der Waals surface area contributed by atoms with Crippen LogP contribution in [0.15, 0.2) is 11.0 Å². The smallest absolute Gasteiger partial charge is 0.345 e. The van der Waals surface area contributed by atoms with Gasteiger partial charge in [-0.1, -0.05) is 13.8 Å². The minimum absolute atomic E-state index is 0.0512. The molecule has 0 spiro atoms. The number of carbonyl (C=O) groups excluding carboxylic acids is 1. The summed E-state index contributed by atoms with van der Waals surface area (Å²) >= 11 is 0. The van der Waals surface area contributed by atoms with Gasteiger partial charge in [0.1, 0.15) is 11.4 Å². The van der Waals surface area contributed by atoms with Crippen LogP contribution in [0.2, 0.25) is 0 Å². The van der Waals surface area contributed by atoms with Crippen LogP contribution < -0.4 is 5.56 Å². The molecule has 5 heteroatoms. The molecule has 1 aliphatic carbocycles. The fourth-order valence-electron chi connectivity index (χ4n) is 1.78. The van der Waals surface area contributed by atoms with E-state index in [9.17, 15) is 9.59 Å². The van der Waals surface area contributed by atoms with Crippen LogP contribution in [0.5, 0.6) is 0 Å². The summed E-state index contributed by atoms with van der Waals surface area (Å²) in [7, 11) is 1.24. The third-order valence-corrected chi connectivity index (χ3v) is 3.07. The number of carbonyl (C=O) groups is 1. The number of aromatic nitrogens is 2. The third kappa shape index (κ3) is 1.73. The molecule has 16 heavy (non-hydrogen) atoms. The minimum atomic E-state index is -0.657. The van der Waals surface area contributed by atoms with Crippen molar-refractivity contribution in [2.24, 2.45) is 5.41 Å². The number of aromatic amines is 1. The first-order valence-electron chi connectivity index (χ1n) is 5.13. The van der Waals surface area contributed by atoms with Crippen molar-refractivity contribution in [3.8, 4) is 0 Å². The molecule has 1 aromatic rings. The van der Waals surface area contributed by atoms with E-state index in [-0.39, 0.29) is 16.9 Å². The van der Waals surface area contributed by atoms with Gasteiger partial charge in [-0.3, -0.25) is 4.79 Å². The molecule has 0 aliphatic heterocycles. The van der Waals surface area contributed by atoms with E-state index in [2.05, 4.69) is 28.6 Å². The summed E-state index contributed by atoms with van der Waals surface area (Å²) in [5.74, 6) is 0.282. The van der Waals surface area contributed by atoms with Crippen molar-refractivity contribution in [3.05, 3.63) is 27.9 Å². The molecule has 0 aromatic carbocycles. The van der Waals surface area contributed by atoms with Gasteiger partial charge in [0, 0.05) is 12.1 Å². The summed E-state index contributed by atoms with van der Waals surface area (Å²) in [6, 6.07) is 0. The Balaban J connectivity index is 2.31. The molecule has 1 aromatic heterocycles. The van der Waals surface area contributed by atoms with Crippen LogP contribution in [0, 0.1) is 5.41 Å². The molecule has 1 N–H and O–H groups in total. The summed E-state index contributed by atoms with van der Waals surface area (Å²) in [5.41, 5.74) is -0.285. The highest BCUT2D eigenvalue weighted by atomic mass is 16.5. The summed E-state index contributed by atoms with van der Waals surface area (Å²) in [6.07, 6.45) is 2.29. The van der Waals surface area contributed by atoms with Crippen LogP contribution in [-0.4, -0.2) is 23.0 Å². The van der Waals surface area contributed by atoms with Gasteiger partial charge in [0.25, 0.3) is 5.56 Å². The number of methoxy groups -OCH3 is 1. The quantitative estimate of drug-likeness (QED) is 0.760. The molecule has 0 radical (unpaired) electrons. The molecule has 1 fully saturated rings. The van der Waals surface area contributed by atoms with E-state index in [1.807, 2.05) is 0 Å². The van der Waals surface area contributed by atoms with Gasteiger partial charge in [0.15, 0.2) is 0 Å². The van der Waals surface area contributed by atoms with Crippen molar-refractivity contribution in [1.82, 2.24) is 9.97 Å². The fourth-order valence-corrected chi connectivity index (χ4v) is 1.78. The van der Waals surface area contributed by atoms with Gasteiger partial charge in [0.05, 0.1) is 7.11 Å². The van der Waals surface area contributed by atoms with E-state index >= 15 is 0 Å². The first-order chi connectivity index (χ1) is 7.45. The van der Waals surface area contributed by atoms with E-state index in [1.54, 1.807) is 0 Å². The number of hydrogen-bond acceptors (Lipinski definition) is 4. The van der Waals surface area contributed by atoms with Crippen LogP contribution >= 0.6 is 0 Å². The average molecular weight is 222 g/mol. The second-order valence-corrected chi connectivity index (χ2v) is 4.75. The Hall–Kier alpha value is -1.65. The van der Waals surface area contributed by atoms with Crippen molar-refractivity contribution < 1.29 is 9.53 Å². The lowest BCUT2D eigenvalue weighted by molar-refractivity contribution is 0.0598. The number of nitrogens with zero attached hydrogens (tertiary/aromatic N) is 1. The molecular formula is C11H14N2O3. The highest BCUT2D eigenvalue weighted by Gasteiger charge is 2.48. The van der Waals surface area contributed by atoms with Gasteiger partial charge in [-0.2, -0.15) is 0 Å². The zero-order chi connectivity index (χ0) is 11.9. The van der Waals surface area contributed by atoms with E-state index < -0.39 is 11.5 Å². The summed E-state index contributed by atoms with van der Waals surface area (Å²) in [5, 5.41) is 0. The van der Waals surface area contributed by atoms with Crippen molar-refractivity contribution >= 4 is 5.97 Å². The second kappa shape index (κ2) is 3.43. The van der Waals surface area contributed by atoms with Gasteiger partial charge < -0.3 is 9.72 Å². The first-order valence-corrected chi connectivity index (χ1v) is 5.13. The summed E-state index contributed by atoms with van der Waals surface area (Å²) < 4.78 is 4.48. The number of rotatable bonds is 2. The standard InChI is InChI=1S/C11H14N2O3/c1-11(2)4-7(11)8-12-5-6(9(14)13-8)10(15)16-3/h5,7H,4H2,1-3H3,(H,12,13,14). The van der Waals surface area contributed by atoms with Crippen molar-refractivity contribution in [1.29, 1.82) is 0 Å². The summed E-state index contributed by atoms with van der Waals surface area (Å²) in [4.78, 5) is 29.5. The van der Waals surface area contributed by atoms with Crippen LogP contribution in [0.4, 0.5) is 0 Å². The lowest BCUT2D eigenvalue weighted by atomic mass is 10.1. The number of H-pyrrole nitrogens is 1. The molecule has 1 atom stereocenters. The van der Waals surface area contributed by atoms with Crippen molar-refractivity contribution in [2.75, 3.05) is 7.11 Å². The fraction of sp³-hybridized carbons (Fsp3) is 0.545. The molecule has 0 saturated heterocycles. The number of nitrogens with one attached hydrogen (secondary N) is 1. The Bertz CT molecular complexity index is 490. The van der Waals surface area contributed by atoms with Gasteiger partial charge in [0.2, 0.25) is 0 Å². The molecule has 1 aliphatic rings. The molecule has 86 valence electrons. The predicted octanol–water partition coefficient (Wildman–Crippen LogP) is 1.07. The van der Waals surface area contributed by atoms with Crippen molar-refractivity contribution in [3.63, 3.8) is 0 Å². The Labute approximate surface area is 92.9 Å². The normalized spacial score (nSPS) is 21.6. The molecule has 0 amide bonds. The SMILES string of the molecule is COC(=O)c1cnc(C2CC2(C)C)[nH]c1=O. The monoisotopic (exact) mass is 222 g/mol. The van der Waals surface area contributed by atoms with E-state index in [4.69, 9.17) is 0 Å². The Morgan fingerprint density at radius 2 is 2.25 bits per heavy atom. The van der Waals surface area contributed by atoms with E-state index in [1.165, 1.54) is 13.3 Å². The van der Waals surface area contributed by atoms with Gasteiger partial charge in [-0.15, -0.1) is 0 Å². The highest BCUT2D eigenvalue weighted by molar-refractivity contribution is 5.88. The predicted molar refractivity (Wildman–Crippen MR) is 57.3 cm³/mol. The van der Waals surface area contributed by atoms with Crippen LogP contribution in [0.1, 0.15) is 42.4 Å². The maximum atomic E-state index is 11.6. The van der Waals surface area contributed by atoms with Gasteiger partial charge in [-0.25, -0.2) is 9.78 Å². The zero-order valence-corrected chi connectivity index (χ0v) is 9.53. The van der Waals surface area contributed by atoms with Crippen molar-refractivity contribution in [2.45, 2.75) is 26.2 Å². The van der Waals surface area contributed by atoms with Crippen LogP contribution in [0.3, 0.4) is 0 Å². The maximum Gasteiger partial charge on any atom is 0.345 e. The Morgan fingerprint density at radius 3 is 2.69 bits per heavy atom. The van der Waals surface area contributed by atoms with Crippen LogP contribution in [-0.2, 0) is 4.74 Å². The molecular weight excluding hydrogens is 208 g/mol. The molecule has 5 nitrogen and oxygen atoms in total. The molecule has 2 rings (SSSR count). The minimum Gasteiger partial charge on any atom is -0.465 e. The highest BCUT2D eigenvalue weighted by Crippen LogP contribution is 2.57. The van der Waals surface area contributed by atoms with E-state index in [0.717, 1.165) is 6.42 Å². The average Bonchev–Trinajstić information content (AvgIpc) is 2.86. The van der Waals surface area contributed by atoms with Gasteiger partial charge >= 0.3 is 5.97 Å². The first kappa shape index (κ1) is 10.9. The molecule has 0 bridgehead atoms. The lowest BCUT2D eigenvalue weighted by Gasteiger charge is -2.03. The molecule has 1 unspecified atom stereocenters. The second-order valence-electron chi connectivity index (χ2n) is 4.75. The Morgan fingerprint density at radius 1 is 1.62 bits per heavy atom. The summed E-state index contributed by atoms with van der Waals surface area (Å²) in [6.45, 7) is 4.23. The molecule has 1 heterocycles. The molecule has 1 saturated carbocycles. The largest absolute Gasteiger partial charge is 0.465 e. The zero-order valence-electron chi connectivity index (χ0n) is 9.53. The maximum absolute atomic E-state index is 11.6. The topological polar surface area (TPSA) is 72.0 Å². The third-order valence-electron chi connectivity index (χ3n) is 3.07.